The molecule has 3 aliphatic carbocycles. The van der Waals surface area contributed by atoms with Crippen LogP contribution < -0.4 is 25.6 Å². The second-order valence-electron chi connectivity index (χ2n) is 19.6. The molecule has 3 unspecified atom stereocenters. The number of piperidine rings is 2. The first-order valence-electron chi connectivity index (χ1n) is 23.4. The molecular weight excluding hydrogens is 779 g/mol. The smallest absolute Gasteiger partial charge is 0.249 e. The normalized spacial score (nSPS) is 30.3. The van der Waals surface area contributed by atoms with E-state index >= 15 is 0 Å². The van der Waals surface area contributed by atoms with Crippen molar-refractivity contribution in [1.29, 1.82) is 0 Å². The van der Waals surface area contributed by atoms with Crippen LogP contribution in [0.1, 0.15) is 118 Å². The molecule has 6 heterocycles. The van der Waals surface area contributed by atoms with E-state index in [1.165, 1.54) is 49.8 Å². The molecular formula is C49H59N9O4. The Labute approximate surface area is 363 Å². The van der Waals surface area contributed by atoms with E-state index in [0.29, 0.717) is 78.7 Å². The number of nitrogens with zero attached hydrogens (tertiary/aromatic N) is 7. The highest BCUT2D eigenvalue weighted by molar-refractivity contribution is 6.02. The fourth-order valence-corrected chi connectivity index (χ4v) is 13.2. The Morgan fingerprint density at radius 1 is 0.839 bits per heavy atom. The Morgan fingerprint density at radius 3 is 2.50 bits per heavy atom. The number of aromatic nitrogens is 4. The number of benzene rings is 2. The van der Waals surface area contributed by atoms with Crippen LogP contribution in [0.4, 0.5) is 17.2 Å². The molecule has 2 aromatic carbocycles. The molecule has 2 amide bonds. The number of hydrogen-bond donors (Lipinski definition) is 3. The van der Waals surface area contributed by atoms with Crippen LogP contribution in [0.3, 0.4) is 0 Å². The highest BCUT2D eigenvalue weighted by Gasteiger charge is 2.54. The van der Waals surface area contributed by atoms with Crippen molar-refractivity contribution in [2.75, 3.05) is 54.9 Å². The van der Waals surface area contributed by atoms with Crippen molar-refractivity contribution in [2.45, 2.75) is 113 Å². The monoisotopic (exact) mass is 837 g/mol. The van der Waals surface area contributed by atoms with Gasteiger partial charge in [0.05, 0.1) is 23.6 Å². The van der Waals surface area contributed by atoms with Crippen molar-refractivity contribution in [2.24, 2.45) is 17.3 Å². The van der Waals surface area contributed by atoms with Gasteiger partial charge in [-0.2, -0.15) is 0 Å². The van der Waals surface area contributed by atoms with Crippen LogP contribution in [-0.2, 0) is 9.59 Å². The predicted molar refractivity (Wildman–Crippen MR) is 237 cm³/mol. The first-order chi connectivity index (χ1) is 30.3. The Balaban J connectivity index is 0.724. The Hall–Kier alpha value is -5.30. The summed E-state index contributed by atoms with van der Waals surface area (Å²) in [6.45, 7) is 5.29. The number of aromatic hydroxyl groups is 1. The fraction of sp³-hybridized carbons (Fsp3) is 0.551. The lowest BCUT2D eigenvalue weighted by Gasteiger charge is -2.42. The zero-order valence-electron chi connectivity index (χ0n) is 35.6. The molecule has 1 spiro atoms. The lowest BCUT2D eigenvalue weighted by molar-refractivity contribution is -0.134. The van der Waals surface area contributed by atoms with Crippen LogP contribution in [0.2, 0.25) is 0 Å². The van der Waals surface area contributed by atoms with Gasteiger partial charge in [0.15, 0.2) is 5.82 Å². The van der Waals surface area contributed by atoms with Crippen LogP contribution in [0.25, 0.3) is 11.3 Å². The average Bonchev–Trinajstić information content (AvgIpc) is 3.90. The quantitative estimate of drug-likeness (QED) is 0.165. The second kappa shape index (κ2) is 16.1. The van der Waals surface area contributed by atoms with Crippen LogP contribution in [0.5, 0.6) is 11.5 Å². The van der Waals surface area contributed by atoms with Crippen molar-refractivity contribution in [1.82, 2.24) is 30.4 Å². The maximum absolute atomic E-state index is 12.8. The number of phenols is 1. The lowest BCUT2D eigenvalue weighted by Crippen LogP contribution is -2.54. The molecule has 4 N–H and O–H groups in total. The average molecular weight is 838 g/mol. The molecule has 5 atom stereocenters. The number of carbonyl (C=O) groups excluding carboxylic acids is 2. The number of likely N-dealkylation sites (tertiary alicyclic amines) is 1. The molecule has 4 aliphatic heterocycles. The van der Waals surface area contributed by atoms with E-state index in [1.807, 2.05) is 30.5 Å². The van der Waals surface area contributed by atoms with Gasteiger partial charge >= 0.3 is 0 Å². The van der Waals surface area contributed by atoms with E-state index in [9.17, 15) is 14.7 Å². The Bertz CT molecular complexity index is 2340. The third kappa shape index (κ3) is 7.23. The minimum atomic E-state index is -0.332. The Morgan fingerprint density at radius 2 is 1.66 bits per heavy atom. The maximum Gasteiger partial charge on any atom is 0.249 e. The topological polar surface area (TPSA) is 163 Å². The largest absolute Gasteiger partial charge is 0.507 e. The van der Waals surface area contributed by atoms with Gasteiger partial charge in [0.1, 0.15) is 30.0 Å². The van der Waals surface area contributed by atoms with Gasteiger partial charge in [-0.05, 0) is 149 Å². The molecule has 324 valence electrons. The minimum Gasteiger partial charge on any atom is -0.507 e. The number of anilines is 3. The number of phenolic OH excluding ortho intramolecular Hbond substituents is 1. The van der Waals surface area contributed by atoms with Crippen molar-refractivity contribution >= 4 is 29.0 Å². The van der Waals surface area contributed by atoms with Crippen LogP contribution >= 0.6 is 0 Å². The number of carbonyl (C=O) groups is 2. The molecule has 13 heteroatoms. The van der Waals surface area contributed by atoms with Gasteiger partial charge in [0.2, 0.25) is 11.8 Å². The van der Waals surface area contributed by atoms with Crippen LogP contribution in [-0.4, -0.2) is 93.4 Å². The van der Waals surface area contributed by atoms with E-state index in [4.69, 9.17) is 20.4 Å². The van der Waals surface area contributed by atoms with Gasteiger partial charge in [-0.3, -0.25) is 14.9 Å². The first-order valence-corrected chi connectivity index (χ1v) is 23.4. The summed E-state index contributed by atoms with van der Waals surface area (Å²) in [6.07, 6.45) is 15.8. The SMILES string of the molecule is Nc1nnc(-c2ccccc2O)cc1N1C[C@@H]2CCC3(C2)C[C@@H](CC3c2nccc(C3CCN(C4CCC(c5cccc6c5OCCN6C5CCC(=O)NC5=O)CC4)CC3)n2)C1. The van der Waals surface area contributed by atoms with Gasteiger partial charge in [0.25, 0.3) is 0 Å². The number of hydrogen-bond acceptors (Lipinski definition) is 12. The Kier molecular flexibility index (Phi) is 10.3. The van der Waals surface area contributed by atoms with Crippen molar-refractivity contribution in [3.05, 3.63) is 77.9 Å². The number of imide groups is 1. The summed E-state index contributed by atoms with van der Waals surface area (Å²) in [5, 5.41) is 21.8. The van der Waals surface area contributed by atoms with E-state index in [-0.39, 0.29) is 29.0 Å². The molecule has 13 nitrogen and oxygen atoms in total. The minimum absolute atomic E-state index is 0.180. The third-order valence-electron chi connectivity index (χ3n) is 16.1. The van der Waals surface area contributed by atoms with Gasteiger partial charge in [0, 0.05) is 54.8 Å². The zero-order valence-corrected chi connectivity index (χ0v) is 35.6. The number of nitrogens with two attached hydrogens (primary N) is 1. The van der Waals surface area contributed by atoms with Crippen LogP contribution in [0.15, 0.2) is 60.8 Å². The number of amides is 2. The summed E-state index contributed by atoms with van der Waals surface area (Å²) in [4.78, 5) is 42.5. The van der Waals surface area contributed by atoms with Gasteiger partial charge < -0.3 is 30.3 Å². The predicted octanol–water partition coefficient (Wildman–Crippen LogP) is 6.93. The summed E-state index contributed by atoms with van der Waals surface area (Å²) in [5.74, 6) is 4.62. The van der Waals surface area contributed by atoms with Crippen molar-refractivity contribution in [3.63, 3.8) is 0 Å². The van der Waals surface area contributed by atoms with Crippen molar-refractivity contribution in [3.8, 4) is 22.8 Å². The third-order valence-corrected chi connectivity index (χ3v) is 16.1. The molecule has 0 radical (unpaired) electrons. The number of rotatable bonds is 7. The molecule has 4 aromatic rings. The number of nitrogen functional groups attached to an aromatic ring is 1. The number of ether oxygens (including phenoxy) is 1. The summed E-state index contributed by atoms with van der Waals surface area (Å²) < 4.78 is 6.34. The number of nitrogens with one attached hydrogen (secondary N) is 1. The first kappa shape index (κ1) is 39.5. The summed E-state index contributed by atoms with van der Waals surface area (Å²) in [5.41, 5.74) is 12.5. The maximum atomic E-state index is 12.8. The van der Waals surface area contributed by atoms with Crippen LogP contribution in [0, 0.1) is 17.3 Å². The molecule has 3 saturated carbocycles. The highest BCUT2D eigenvalue weighted by atomic mass is 16.5. The molecule has 11 rings (SSSR count). The second-order valence-corrected chi connectivity index (χ2v) is 19.6. The van der Waals surface area contributed by atoms with Gasteiger partial charge in [-0.1, -0.05) is 24.3 Å². The number of para-hydroxylation sites is 2. The molecule has 3 bridgehead atoms. The molecule has 7 aliphatic rings. The molecule has 3 saturated heterocycles. The highest BCUT2D eigenvalue weighted by Crippen LogP contribution is 2.62. The molecule has 2 aromatic heterocycles. The van der Waals surface area contributed by atoms with E-state index in [2.05, 4.69) is 54.5 Å². The molecule has 62 heavy (non-hydrogen) atoms. The number of fused-ring (bicyclic) bond motifs is 3. The van der Waals surface area contributed by atoms with E-state index < -0.39 is 0 Å². The summed E-state index contributed by atoms with van der Waals surface area (Å²) in [6, 6.07) is 18.2. The van der Waals surface area contributed by atoms with Gasteiger partial charge in [-0.15, -0.1) is 10.2 Å². The zero-order chi connectivity index (χ0) is 42.0. The summed E-state index contributed by atoms with van der Waals surface area (Å²) >= 11 is 0. The molecule has 6 fully saturated rings. The van der Waals surface area contributed by atoms with Crippen molar-refractivity contribution < 1.29 is 19.4 Å². The standard InChI is InChI=1S/C49H59N9O4/c50-46-42(25-39(54-55-46)36-4-1-2-7-43(36)59)57-28-30-14-18-49(26-30)27-31(29-57)24-37(49)47-51-19-15-38(52-47)33-16-20-56(21-17-33)34-10-8-32(9-11-34)35-5-3-6-40-45(35)62-23-22-58(40)41-12-13-44(60)53-48(41)61/h1-7,15,19,25,30-34,37,41,59H,8-14,16-18,20-24,26-29H2,(H2,50,55)(H,53,60,61)/t30-,31-,32?,34?,37?,41?,49?/m1/s1. The summed E-state index contributed by atoms with van der Waals surface area (Å²) in [7, 11) is 0. The van der Waals surface area contributed by atoms with Gasteiger partial charge in [-0.25, -0.2) is 9.97 Å². The lowest BCUT2D eigenvalue weighted by atomic mass is 9.74. The fourth-order valence-electron chi connectivity index (χ4n) is 13.2. The van der Waals surface area contributed by atoms with E-state index in [1.54, 1.807) is 6.07 Å². The van der Waals surface area contributed by atoms with E-state index in [0.717, 1.165) is 81.2 Å².